The molecule has 2 rings (SSSR count). The maximum absolute atomic E-state index is 12.1. The molecular weight excluding hydrogens is 238 g/mol. The van der Waals surface area contributed by atoms with Gasteiger partial charge in [0.25, 0.3) is 5.91 Å². The maximum atomic E-state index is 12.1. The fraction of sp³-hybridized carbons (Fsp3) is 0.250. The van der Waals surface area contributed by atoms with E-state index in [1.54, 1.807) is 6.08 Å². The second-order valence-corrected chi connectivity index (χ2v) is 4.71. The Labute approximate surface area is 113 Å². The zero-order valence-corrected chi connectivity index (χ0v) is 11.2. The summed E-state index contributed by atoms with van der Waals surface area (Å²) >= 11 is 0. The molecule has 0 heterocycles. The molecular formula is C16H17NO2. The Hall–Kier alpha value is -2.16. The molecule has 0 saturated carbocycles. The lowest BCUT2D eigenvalue weighted by molar-refractivity contribution is -0.115. The predicted octanol–water partition coefficient (Wildman–Crippen LogP) is 2.20. The lowest BCUT2D eigenvalue weighted by atomic mass is 10.0. The fourth-order valence-corrected chi connectivity index (χ4v) is 2.13. The molecule has 1 aromatic rings. The molecule has 1 N–H and O–H groups in total. The van der Waals surface area contributed by atoms with Crippen molar-refractivity contribution in [2.75, 3.05) is 6.54 Å². The van der Waals surface area contributed by atoms with Gasteiger partial charge < -0.3 is 5.32 Å². The molecule has 0 spiro atoms. The van der Waals surface area contributed by atoms with E-state index < -0.39 is 0 Å². The van der Waals surface area contributed by atoms with Gasteiger partial charge in [-0.1, -0.05) is 35.9 Å². The SMILES string of the molecule is CC(=O)/C=C/CNC(=O)C1=CCc2ccc(C)cc21. The number of rotatable bonds is 4. The molecule has 0 fully saturated rings. The van der Waals surface area contributed by atoms with E-state index in [2.05, 4.69) is 17.4 Å². The van der Waals surface area contributed by atoms with Crippen molar-refractivity contribution >= 4 is 17.3 Å². The minimum Gasteiger partial charge on any atom is -0.349 e. The summed E-state index contributed by atoms with van der Waals surface area (Å²) in [5.41, 5.74) is 4.09. The van der Waals surface area contributed by atoms with E-state index in [0.29, 0.717) is 6.54 Å². The Morgan fingerprint density at radius 1 is 1.37 bits per heavy atom. The van der Waals surface area contributed by atoms with Gasteiger partial charge in [0.05, 0.1) is 0 Å². The number of amides is 1. The molecule has 0 unspecified atom stereocenters. The summed E-state index contributed by atoms with van der Waals surface area (Å²) in [7, 11) is 0. The minimum absolute atomic E-state index is 0.0182. The van der Waals surface area contributed by atoms with Crippen LogP contribution in [0.2, 0.25) is 0 Å². The minimum atomic E-state index is -0.0856. The number of carbonyl (C=O) groups is 2. The van der Waals surface area contributed by atoms with E-state index in [9.17, 15) is 9.59 Å². The fourth-order valence-electron chi connectivity index (χ4n) is 2.13. The lowest BCUT2D eigenvalue weighted by Gasteiger charge is -2.07. The first kappa shape index (κ1) is 13.3. The first-order valence-electron chi connectivity index (χ1n) is 6.33. The topological polar surface area (TPSA) is 46.2 Å². The third kappa shape index (κ3) is 3.19. The molecule has 0 aliphatic heterocycles. The normalized spacial score (nSPS) is 13.3. The second kappa shape index (κ2) is 5.65. The molecule has 0 saturated heterocycles. The summed E-state index contributed by atoms with van der Waals surface area (Å²) in [4.78, 5) is 22.8. The first-order chi connectivity index (χ1) is 9.08. The van der Waals surface area contributed by atoms with Crippen LogP contribution in [0.5, 0.6) is 0 Å². The van der Waals surface area contributed by atoms with Gasteiger partial charge in [-0.3, -0.25) is 9.59 Å². The van der Waals surface area contributed by atoms with Crippen LogP contribution in [0.1, 0.15) is 23.6 Å². The Balaban J connectivity index is 2.03. The van der Waals surface area contributed by atoms with Crippen molar-refractivity contribution in [3.05, 3.63) is 53.1 Å². The van der Waals surface area contributed by atoms with Gasteiger partial charge in [0.15, 0.2) is 5.78 Å². The van der Waals surface area contributed by atoms with Crippen LogP contribution >= 0.6 is 0 Å². The number of carbonyl (C=O) groups excluding carboxylic acids is 2. The van der Waals surface area contributed by atoms with E-state index >= 15 is 0 Å². The predicted molar refractivity (Wildman–Crippen MR) is 75.7 cm³/mol. The van der Waals surface area contributed by atoms with Crippen LogP contribution < -0.4 is 5.32 Å². The van der Waals surface area contributed by atoms with Gasteiger partial charge >= 0.3 is 0 Å². The third-order valence-electron chi connectivity index (χ3n) is 3.06. The molecule has 0 aromatic heterocycles. The molecule has 1 aromatic carbocycles. The van der Waals surface area contributed by atoms with E-state index in [-0.39, 0.29) is 11.7 Å². The summed E-state index contributed by atoms with van der Waals surface area (Å²) in [5, 5.41) is 2.79. The molecule has 19 heavy (non-hydrogen) atoms. The van der Waals surface area contributed by atoms with Crippen molar-refractivity contribution in [2.45, 2.75) is 20.3 Å². The highest BCUT2D eigenvalue weighted by Gasteiger charge is 2.19. The summed E-state index contributed by atoms with van der Waals surface area (Å²) in [6.45, 7) is 3.87. The van der Waals surface area contributed by atoms with Crippen molar-refractivity contribution in [1.29, 1.82) is 0 Å². The molecule has 3 nitrogen and oxygen atoms in total. The summed E-state index contributed by atoms with van der Waals surface area (Å²) < 4.78 is 0. The molecule has 1 aliphatic carbocycles. The number of fused-ring (bicyclic) bond motifs is 1. The van der Waals surface area contributed by atoms with Gasteiger partial charge in [-0.2, -0.15) is 0 Å². The van der Waals surface area contributed by atoms with Crippen molar-refractivity contribution in [1.82, 2.24) is 5.32 Å². The number of aryl methyl sites for hydroxylation is 1. The maximum Gasteiger partial charge on any atom is 0.251 e. The molecule has 1 amide bonds. The molecule has 0 radical (unpaired) electrons. The highest BCUT2D eigenvalue weighted by Crippen LogP contribution is 2.28. The van der Waals surface area contributed by atoms with E-state index in [4.69, 9.17) is 0 Å². The van der Waals surface area contributed by atoms with Crippen molar-refractivity contribution < 1.29 is 9.59 Å². The van der Waals surface area contributed by atoms with E-state index in [1.807, 2.05) is 19.1 Å². The van der Waals surface area contributed by atoms with Gasteiger partial charge in [0.2, 0.25) is 0 Å². The quantitative estimate of drug-likeness (QED) is 0.838. The number of benzene rings is 1. The van der Waals surface area contributed by atoms with Gasteiger partial charge in [-0.05, 0) is 37.5 Å². The first-order valence-corrected chi connectivity index (χ1v) is 6.33. The van der Waals surface area contributed by atoms with Crippen molar-refractivity contribution in [2.24, 2.45) is 0 Å². The highest BCUT2D eigenvalue weighted by molar-refractivity contribution is 6.21. The Morgan fingerprint density at radius 3 is 2.89 bits per heavy atom. The Bertz CT molecular complexity index is 582. The monoisotopic (exact) mass is 255 g/mol. The zero-order chi connectivity index (χ0) is 13.8. The van der Waals surface area contributed by atoms with Crippen LogP contribution in [0.25, 0.3) is 5.57 Å². The number of hydrogen-bond acceptors (Lipinski definition) is 2. The van der Waals surface area contributed by atoms with Crippen LogP contribution in [0.4, 0.5) is 0 Å². The van der Waals surface area contributed by atoms with Crippen molar-refractivity contribution in [3.63, 3.8) is 0 Å². The van der Waals surface area contributed by atoms with Gasteiger partial charge in [-0.25, -0.2) is 0 Å². The summed E-state index contributed by atoms with van der Waals surface area (Å²) in [5.74, 6) is -0.104. The molecule has 0 atom stereocenters. The Kier molecular flexibility index (Phi) is 3.95. The van der Waals surface area contributed by atoms with E-state index in [1.165, 1.54) is 18.6 Å². The molecule has 3 heteroatoms. The highest BCUT2D eigenvalue weighted by atomic mass is 16.1. The van der Waals surface area contributed by atoms with E-state index in [0.717, 1.165) is 23.1 Å². The van der Waals surface area contributed by atoms with Crippen LogP contribution in [-0.4, -0.2) is 18.2 Å². The summed E-state index contributed by atoms with van der Waals surface area (Å²) in [6, 6.07) is 6.17. The number of ketones is 1. The van der Waals surface area contributed by atoms with Crippen LogP contribution in [-0.2, 0) is 16.0 Å². The average molecular weight is 255 g/mol. The standard InChI is InChI=1S/C16H17NO2/c1-11-5-6-13-7-8-14(15(13)10-11)16(19)17-9-3-4-12(2)18/h3-6,8,10H,7,9H2,1-2H3,(H,17,19)/b4-3+. The van der Waals surface area contributed by atoms with Gasteiger partial charge in [-0.15, -0.1) is 0 Å². The van der Waals surface area contributed by atoms with Crippen LogP contribution in [0.15, 0.2) is 36.4 Å². The van der Waals surface area contributed by atoms with Gasteiger partial charge in [0.1, 0.15) is 0 Å². The Morgan fingerprint density at radius 2 is 2.16 bits per heavy atom. The largest absolute Gasteiger partial charge is 0.349 e. The number of hydrogen-bond donors (Lipinski definition) is 1. The molecule has 0 bridgehead atoms. The van der Waals surface area contributed by atoms with Crippen LogP contribution in [0.3, 0.4) is 0 Å². The zero-order valence-electron chi connectivity index (χ0n) is 11.2. The molecule has 98 valence electrons. The lowest BCUT2D eigenvalue weighted by Crippen LogP contribution is -2.24. The van der Waals surface area contributed by atoms with Gasteiger partial charge in [0, 0.05) is 12.1 Å². The smallest absolute Gasteiger partial charge is 0.251 e. The molecule has 1 aliphatic rings. The average Bonchev–Trinajstić information content (AvgIpc) is 2.77. The summed E-state index contributed by atoms with van der Waals surface area (Å²) in [6.07, 6.45) is 5.88. The van der Waals surface area contributed by atoms with Crippen molar-refractivity contribution in [3.8, 4) is 0 Å². The van der Waals surface area contributed by atoms with Crippen LogP contribution in [0, 0.1) is 6.92 Å². The number of allylic oxidation sites excluding steroid dienone is 2. The second-order valence-electron chi connectivity index (χ2n) is 4.71. The number of nitrogens with one attached hydrogen (secondary N) is 1. The third-order valence-corrected chi connectivity index (χ3v) is 3.06.